The number of nitrogens with zero attached hydrogens (tertiary/aromatic N) is 2. The number of benzene rings is 2. The highest BCUT2D eigenvalue weighted by molar-refractivity contribution is 5.92. The van der Waals surface area contributed by atoms with E-state index in [0.29, 0.717) is 56.9 Å². The fraction of sp³-hybridized carbons (Fsp3) is 0.467. The Morgan fingerprint density at radius 1 is 1.12 bits per heavy atom. The van der Waals surface area contributed by atoms with E-state index in [0.717, 1.165) is 16.6 Å². The van der Waals surface area contributed by atoms with Crippen molar-refractivity contribution in [3.63, 3.8) is 0 Å². The third-order valence-electron chi connectivity index (χ3n) is 8.14. The Kier molecular flexibility index (Phi) is 7.53. The van der Waals surface area contributed by atoms with Gasteiger partial charge in [-0.2, -0.15) is 0 Å². The Hall–Kier alpha value is -3.76. The van der Waals surface area contributed by atoms with Crippen molar-refractivity contribution in [3.8, 4) is 11.5 Å². The van der Waals surface area contributed by atoms with Gasteiger partial charge in [0.1, 0.15) is 0 Å². The Bertz CT molecular complexity index is 1450. The third kappa shape index (κ3) is 4.97. The Morgan fingerprint density at radius 2 is 1.93 bits per heavy atom. The summed E-state index contributed by atoms with van der Waals surface area (Å²) in [7, 11) is 0. The number of piperidine rings is 1. The van der Waals surface area contributed by atoms with Crippen molar-refractivity contribution in [1.82, 2.24) is 14.5 Å². The molecule has 3 atom stereocenters. The molecule has 10 heteroatoms. The SMILES string of the molecule is CCO[C@@H]1OC(C(=O)N2CCC(n3c(=O)[nH]c4ccccc43)CC2)=C[C@H](c2ccc3c(c2)OCO3)[C@@H]1CCCO. The van der Waals surface area contributed by atoms with Gasteiger partial charge in [0, 0.05) is 44.2 Å². The zero-order valence-electron chi connectivity index (χ0n) is 22.6. The highest BCUT2D eigenvalue weighted by atomic mass is 16.7. The number of likely N-dealkylation sites (tertiary alicyclic amines) is 1. The molecule has 0 aliphatic carbocycles. The fourth-order valence-electron chi connectivity index (χ4n) is 6.18. The summed E-state index contributed by atoms with van der Waals surface area (Å²) < 4.78 is 25.2. The molecule has 3 aliphatic heterocycles. The first-order valence-electron chi connectivity index (χ1n) is 14.1. The molecular formula is C30H35N3O7. The normalized spacial score (nSPS) is 22.8. The minimum atomic E-state index is -0.627. The van der Waals surface area contributed by atoms with Gasteiger partial charge in [0.15, 0.2) is 17.3 Å². The van der Waals surface area contributed by atoms with E-state index in [1.807, 2.05) is 60.0 Å². The summed E-state index contributed by atoms with van der Waals surface area (Å²) in [5, 5.41) is 9.56. The quantitative estimate of drug-likeness (QED) is 0.441. The number of imidazole rings is 1. The molecule has 40 heavy (non-hydrogen) atoms. The molecule has 0 bridgehead atoms. The van der Waals surface area contributed by atoms with Crippen molar-refractivity contribution in [1.29, 1.82) is 0 Å². The molecule has 4 heterocycles. The molecule has 6 rings (SSSR count). The number of para-hydroxylation sites is 2. The maximum absolute atomic E-state index is 13.8. The molecule has 1 fully saturated rings. The zero-order chi connectivity index (χ0) is 27.6. The summed E-state index contributed by atoms with van der Waals surface area (Å²) >= 11 is 0. The second-order valence-electron chi connectivity index (χ2n) is 10.5. The number of aliphatic hydroxyl groups is 1. The van der Waals surface area contributed by atoms with E-state index < -0.39 is 6.29 Å². The predicted molar refractivity (Wildman–Crippen MR) is 147 cm³/mol. The van der Waals surface area contributed by atoms with Crippen LogP contribution in [0.15, 0.2) is 59.1 Å². The van der Waals surface area contributed by atoms with E-state index >= 15 is 0 Å². The summed E-state index contributed by atoms with van der Waals surface area (Å²) in [5.74, 6) is 1.19. The molecule has 2 N–H and O–H groups in total. The molecule has 1 aromatic heterocycles. The number of rotatable bonds is 8. The third-order valence-corrected chi connectivity index (χ3v) is 8.14. The van der Waals surface area contributed by atoms with Gasteiger partial charge in [-0.1, -0.05) is 18.2 Å². The van der Waals surface area contributed by atoms with Crippen molar-refractivity contribution >= 4 is 16.9 Å². The summed E-state index contributed by atoms with van der Waals surface area (Å²) in [5.41, 5.74) is 2.56. The Labute approximate surface area is 232 Å². The topological polar surface area (TPSA) is 115 Å². The first-order chi connectivity index (χ1) is 19.6. The average Bonchev–Trinajstić information content (AvgIpc) is 3.59. The lowest BCUT2D eigenvalue weighted by Crippen LogP contribution is -2.44. The average molecular weight is 550 g/mol. The van der Waals surface area contributed by atoms with E-state index in [4.69, 9.17) is 18.9 Å². The molecule has 0 saturated carbocycles. The van der Waals surface area contributed by atoms with Crippen LogP contribution in [0.3, 0.4) is 0 Å². The summed E-state index contributed by atoms with van der Waals surface area (Å²) in [6.45, 7) is 3.60. The van der Waals surface area contributed by atoms with E-state index in [-0.39, 0.29) is 48.6 Å². The van der Waals surface area contributed by atoms with Gasteiger partial charge >= 0.3 is 5.69 Å². The highest BCUT2D eigenvalue weighted by Gasteiger charge is 2.40. The van der Waals surface area contributed by atoms with Crippen LogP contribution in [0.5, 0.6) is 11.5 Å². The standard InChI is InChI=1S/C30H35N3O7/c1-2-37-29-21(6-5-15-34)22(19-9-10-25-26(16-19)39-18-38-25)17-27(40-29)28(35)32-13-11-20(12-14-32)33-24-8-4-3-7-23(24)31-30(33)36/h3-4,7-10,16-17,20-22,29,34H,2,5-6,11-15,18H2,1H3,(H,31,36)/t21-,22+,29+/m0/s1. The number of hydrogen-bond donors (Lipinski definition) is 2. The van der Waals surface area contributed by atoms with Crippen LogP contribution in [0, 0.1) is 5.92 Å². The number of aliphatic hydroxyl groups excluding tert-OH is 1. The van der Waals surface area contributed by atoms with E-state index in [1.54, 1.807) is 4.90 Å². The molecule has 3 aromatic rings. The molecule has 0 spiro atoms. The lowest BCUT2D eigenvalue weighted by molar-refractivity contribution is -0.170. The molecule has 1 amide bonds. The number of carbonyl (C=O) groups is 1. The molecule has 3 aliphatic rings. The molecular weight excluding hydrogens is 514 g/mol. The van der Waals surface area contributed by atoms with Gasteiger partial charge in [0.25, 0.3) is 5.91 Å². The predicted octanol–water partition coefficient (Wildman–Crippen LogP) is 3.67. The lowest BCUT2D eigenvalue weighted by Gasteiger charge is -2.39. The number of hydrogen-bond acceptors (Lipinski definition) is 7. The molecule has 0 unspecified atom stereocenters. The van der Waals surface area contributed by atoms with Crippen LogP contribution >= 0.6 is 0 Å². The number of allylic oxidation sites excluding steroid dienone is 1. The van der Waals surface area contributed by atoms with E-state index in [1.165, 1.54) is 0 Å². The highest BCUT2D eigenvalue weighted by Crippen LogP contribution is 2.43. The van der Waals surface area contributed by atoms with Crippen molar-refractivity contribution in [2.75, 3.05) is 33.1 Å². The van der Waals surface area contributed by atoms with E-state index in [2.05, 4.69) is 4.98 Å². The Morgan fingerprint density at radius 3 is 2.73 bits per heavy atom. The van der Waals surface area contributed by atoms with Crippen molar-refractivity contribution in [2.45, 2.75) is 50.9 Å². The van der Waals surface area contributed by atoms with Crippen LogP contribution in [0.1, 0.15) is 50.1 Å². The Balaban J connectivity index is 1.24. The number of amides is 1. The maximum atomic E-state index is 13.8. The number of ether oxygens (including phenoxy) is 4. The van der Waals surface area contributed by atoms with Crippen LogP contribution in [0.2, 0.25) is 0 Å². The van der Waals surface area contributed by atoms with Crippen molar-refractivity contribution < 1.29 is 28.8 Å². The number of fused-ring (bicyclic) bond motifs is 2. The molecule has 212 valence electrons. The van der Waals surface area contributed by atoms with Crippen LogP contribution in [-0.2, 0) is 14.3 Å². The summed E-state index contributed by atoms with van der Waals surface area (Å²) in [6, 6.07) is 13.5. The maximum Gasteiger partial charge on any atom is 0.326 e. The van der Waals surface area contributed by atoms with Gasteiger partial charge in [0.05, 0.1) is 11.0 Å². The van der Waals surface area contributed by atoms with Crippen LogP contribution < -0.4 is 15.2 Å². The van der Waals surface area contributed by atoms with Gasteiger partial charge < -0.3 is 33.9 Å². The monoisotopic (exact) mass is 549 g/mol. The molecule has 2 aromatic carbocycles. The number of H-pyrrole nitrogens is 1. The van der Waals surface area contributed by atoms with Gasteiger partial charge in [0.2, 0.25) is 13.1 Å². The lowest BCUT2D eigenvalue weighted by atomic mass is 9.80. The number of aromatic nitrogens is 2. The van der Waals surface area contributed by atoms with E-state index in [9.17, 15) is 14.7 Å². The van der Waals surface area contributed by atoms with Crippen molar-refractivity contribution in [3.05, 3.63) is 70.3 Å². The zero-order valence-corrected chi connectivity index (χ0v) is 22.6. The van der Waals surface area contributed by atoms with Crippen LogP contribution in [-0.4, -0.2) is 64.9 Å². The van der Waals surface area contributed by atoms with Gasteiger partial charge in [-0.3, -0.25) is 9.36 Å². The minimum absolute atomic E-state index is 0.00868. The van der Waals surface area contributed by atoms with Crippen LogP contribution in [0.4, 0.5) is 0 Å². The number of aromatic amines is 1. The molecule has 1 saturated heterocycles. The fourth-order valence-corrected chi connectivity index (χ4v) is 6.18. The van der Waals surface area contributed by atoms with Gasteiger partial charge in [-0.25, -0.2) is 4.79 Å². The van der Waals surface area contributed by atoms with Crippen molar-refractivity contribution in [2.24, 2.45) is 5.92 Å². The molecule has 10 nitrogen and oxygen atoms in total. The van der Waals surface area contributed by atoms with Crippen LogP contribution in [0.25, 0.3) is 11.0 Å². The summed E-state index contributed by atoms with van der Waals surface area (Å²) in [6.07, 6.45) is 3.87. The van der Waals surface area contributed by atoms with Gasteiger partial charge in [-0.05, 0) is 68.5 Å². The number of carbonyl (C=O) groups excluding carboxylic acids is 1. The number of nitrogens with one attached hydrogen (secondary N) is 1. The first-order valence-corrected chi connectivity index (χ1v) is 14.1. The van der Waals surface area contributed by atoms with Gasteiger partial charge in [-0.15, -0.1) is 0 Å². The summed E-state index contributed by atoms with van der Waals surface area (Å²) in [4.78, 5) is 31.2. The first kappa shape index (κ1) is 26.5. The smallest absolute Gasteiger partial charge is 0.326 e. The molecule has 0 radical (unpaired) electrons. The second-order valence-corrected chi connectivity index (χ2v) is 10.5. The largest absolute Gasteiger partial charge is 0.459 e. The minimum Gasteiger partial charge on any atom is -0.459 e. The second kappa shape index (κ2) is 11.4.